The van der Waals surface area contributed by atoms with Crippen LogP contribution in [0.4, 0.5) is 0 Å². The van der Waals surface area contributed by atoms with Gasteiger partial charge in [-0.25, -0.2) is 0 Å². The van der Waals surface area contributed by atoms with Gasteiger partial charge in [0.05, 0.1) is 30.1 Å². The number of aliphatic hydroxyl groups is 3. The molecule has 3 N–H and O–H groups in total. The molecule has 0 aliphatic heterocycles. The largest absolute Gasteiger partial charge is 0.445 e. The van der Waals surface area contributed by atoms with Gasteiger partial charge in [0.1, 0.15) is 0 Å². The first-order valence-electron chi connectivity index (χ1n) is 6.57. The third kappa shape index (κ3) is 4.22. The first-order chi connectivity index (χ1) is 8.19. The predicted molar refractivity (Wildman–Crippen MR) is 78.0 cm³/mol. The van der Waals surface area contributed by atoms with Gasteiger partial charge in [-0.05, 0) is 53.9 Å². The lowest BCUT2D eigenvalue weighted by molar-refractivity contribution is -0.173. The molecule has 0 amide bonds. The van der Waals surface area contributed by atoms with Crippen molar-refractivity contribution in [2.75, 3.05) is 0 Å². The van der Waals surface area contributed by atoms with E-state index in [1.54, 1.807) is 41.5 Å². The molecule has 3 atom stereocenters. The predicted octanol–water partition coefficient (Wildman–Crippen LogP) is 0.783. The lowest BCUT2D eigenvalue weighted by Gasteiger charge is -2.47. The van der Waals surface area contributed by atoms with Crippen LogP contribution in [0.3, 0.4) is 0 Å². The van der Waals surface area contributed by atoms with Gasteiger partial charge < -0.3 is 20.0 Å². The molecule has 6 heteroatoms. The van der Waals surface area contributed by atoms with Crippen molar-refractivity contribution in [3.63, 3.8) is 0 Å². The molecule has 0 fully saturated rings. The fraction of sp³-hybridized carbons (Fsp3) is 1.00. The quantitative estimate of drug-likeness (QED) is 0.597. The van der Waals surface area contributed by atoms with Crippen molar-refractivity contribution in [2.45, 2.75) is 77.3 Å². The maximum absolute atomic E-state index is 10.7. The highest BCUT2D eigenvalue weighted by Crippen LogP contribution is 2.38. The van der Waals surface area contributed by atoms with Crippen LogP contribution in [0.1, 0.15) is 54.9 Å². The van der Waals surface area contributed by atoms with Crippen LogP contribution in [-0.2, 0) is 4.65 Å². The summed E-state index contributed by atoms with van der Waals surface area (Å²) in [4.78, 5) is 0. The Kier molecular flexibility index (Phi) is 5.75. The summed E-state index contributed by atoms with van der Waals surface area (Å²) in [5, 5.41) is 31.0. The fourth-order valence-corrected chi connectivity index (χ4v) is 1.93. The van der Waals surface area contributed by atoms with Crippen LogP contribution in [0.15, 0.2) is 0 Å². The van der Waals surface area contributed by atoms with Crippen LogP contribution >= 0.6 is 0 Å². The average molecular weight is 269 g/mol. The molecule has 0 aliphatic rings. The summed E-state index contributed by atoms with van der Waals surface area (Å²) in [6.45, 7) is 11.6. The van der Waals surface area contributed by atoms with Crippen molar-refractivity contribution in [3.05, 3.63) is 0 Å². The second-order valence-electron chi connectivity index (χ2n) is 6.85. The van der Waals surface area contributed by atoms with Crippen LogP contribution in [0.5, 0.6) is 0 Å². The van der Waals surface area contributed by atoms with E-state index < -0.39 is 22.4 Å². The van der Waals surface area contributed by atoms with Gasteiger partial charge in [0, 0.05) is 0 Å². The van der Waals surface area contributed by atoms with Crippen molar-refractivity contribution in [1.29, 1.82) is 0 Å². The van der Waals surface area contributed by atoms with Crippen molar-refractivity contribution in [1.82, 2.24) is 0 Å². The summed E-state index contributed by atoms with van der Waals surface area (Å²) >= 11 is 0. The Bertz CT molecular complexity index is 296. The summed E-state index contributed by atoms with van der Waals surface area (Å²) < 4.78 is 5.27. The Labute approximate surface area is 119 Å². The van der Waals surface area contributed by atoms with Crippen LogP contribution in [-0.4, -0.2) is 52.8 Å². The van der Waals surface area contributed by atoms with Crippen LogP contribution in [0.25, 0.3) is 0 Å². The van der Waals surface area contributed by atoms with Gasteiger partial charge in [0.2, 0.25) is 7.37 Å². The first-order valence-corrected chi connectivity index (χ1v) is 6.57. The SMILES string of the molecule is [B][B]OC(C)(C)C(C)(O)C(C)CC(C)(O)C(C)(C)O. The molecule has 19 heavy (non-hydrogen) atoms. The summed E-state index contributed by atoms with van der Waals surface area (Å²) in [6, 6.07) is 0. The van der Waals surface area contributed by atoms with Gasteiger partial charge >= 0.3 is 0 Å². The molecular formula is C13H27B2O4. The van der Waals surface area contributed by atoms with E-state index in [1.807, 2.05) is 6.92 Å². The second-order valence-corrected chi connectivity index (χ2v) is 6.85. The topological polar surface area (TPSA) is 69.9 Å². The van der Waals surface area contributed by atoms with E-state index in [0.29, 0.717) is 0 Å². The maximum atomic E-state index is 10.7. The zero-order valence-corrected chi connectivity index (χ0v) is 13.2. The molecule has 3 radical (unpaired) electrons. The number of hydrogen-bond donors (Lipinski definition) is 3. The molecule has 0 spiro atoms. The highest BCUT2D eigenvalue weighted by Gasteiger charge is 2.48. The summed E-state index contributed by atoms with van der Waals surface area (Å²) in [6.07, 6.45) is 0.223. The molecule has 0 saturated carbocycles. The van der Waals surface area contributed by atoms with Crippen molar-refractivity contribution in [3.8, 4) is 0 Å². The molecule has 4 nitrogen and oxygen atoms in total. The van der Waals surface area contributed by atoms with Gasteiger partial charge in [-0.2, -0.15) is 0 Å². The zero-order valence-electron chi connectivity index (χ0n) is 13.2. The van der Waals surface area contributed by atoms with E-state index >= 15 is 0 Å². The molecule has 0 aromatic heterocycles. The molecule has 0 heterocycles. The normalized spacial score (nSPS) is 21.4. The van der Waals surface area contributed by atoms with E-state index in [-0.39, 0.29) is 12.3 Å². The lowest BCUT2D eigenvalue weighted by atomic mass is 9.67. The van der Waals surface area contributed by atoms with Gasteiger partial charge in [0.15, 0.2) is 0 Å². The molecule has 0 aromatic carbocycles. The van der Waals surface area contributed by atoms with Crippen LogP contribution in [0.2, 0.25) is 0 Å². The fourth-order valence-electron chi connectivity index (χ4n) is 1.93. The Hall–Kier alpha value is -0.0301. The smallest absolute Gasteiger partial charge is 0.231 e. The Morgan fingerprint density at radius 3 is 1.79 bits per heavy atom. The third-order valence-corrected chi connectivity index (χ3v) is 4.56. The van der Waals surface area contributed by atoms with E-state index in [1.165, 1.54) is 0 Å². The molecule has 0 aliphatic carbocycles. The van der Waals surface area contributed by atoms with Gasteiger partial charge in [-0.15, -0.1) is 0 Å². The highest BCUT2D eigenvalue weighted by molar-refractivity contribution is 6.85. The molecule has 3 unspecified atom stereocenters. The monoisotopic (exact) mass is 269 g/mol. The van der Waals surface area contributed by atoms with Gasteiger partial charge in [0.25, 0.3) is 0 Å². The number of hydrogen-bond acceptors (Lipinski definition) is 4. The molecule has 0 bridgehead atoms. The summed E-state index contributed by atoms with van der Waals surface area (Å²) in [5.41, 5.74) is -4.71. The minimum Gasteiger partial charge on any atom is -0.445 e. The van der Waals surface area contributed by atoms with E-state index in [2.05, 4.69) is 0 Å². The maximum Gasteiger partial charge on any atom is 0.231 e. The first kappa shape index (κ1) is 19.0. The second kappa shape index (κ2) is 5.76. The molecule has 0 rings (SSSR count). The van der Waals surface area contributed by atoms with Gasteiger partial charge in [-0.3, -0.25) is 0 Å². The van der Waals surface area contributed by atoms with Gasteiger partial charge in [-0.1, -0.05) is 6.92 Å². The van der Waals surface area contributed by atoms with Crippen LogP contribution in [0, 0.1) is 5.92 Å². The average Bonchev–Trinajstić information content (AvgIpc) is 2.14. The van der Waals surface area contributed by atoms with Crippen LogP contribution < -0.4 is 0 Å². The zero-order chi connectivity index (χ0) is 15.7. The Morgan fingerprint density at radius 2 is 1.47 bits per heavy atom. The van der Waals surface area contributed by atoms with E-state index in [0.717, 1.165) is 7.37 Å². The summed E-state index contributed by atoms with van der Waals surface area (Å²) in [5.74, 6) is -0.316. The number of rotatable bonds is 7. The Balaban J connectivity index is 5.06. The van der Waals surface area contributed by atoms with Crippen molar-refractivity contribution < 1.29 is 20.0 Å². The molecule has 109 valence electrons. The molecule has 0 aromatic rings. The molecular weight excluding hydrogens is 242 g/mol. The highest BCUT2D eigenvalue weighted by atomic mass is 16.5. The van der Waals surface area contributed by atoms with Crippen molar-refractivity contribution >= 4 is 15.1 Å². The molecule has 0 saturated heterocycles. The van der Waals surface area contributed by atoms with E-state index in [9.17, 15) is 15.3 Å². The van der Waals surface area contributed by atoms with E-state index in [4.69, 9.17) is 12.4 Å². The standard InChI is InChI=1S/C13H27B2O4/c1-9(8-12(6,17)10(2,3)16)13(7,18)11(4,5)19-15-14/h9,16-18H,8H2,1-7H3. The minimum absolute atomic E-state index is 0.223. The Morgan fingerprint density at radius 1 is 1.05 bits per heavy atom. The minimum atomic E-state index is -1.32. The summed E-state index contributed by atoms with van der Waals surface area (Å²) in [7, 11) is 6.31. The van der Waals surface area contributed by atoms with Crippen molar-refractivity contribution in [2.24, 2.45) is 5.92 Å². The third-order valence-electron chi connectivity index (χ3n) is 4.56. The lowest BCUT2D eigenvalue weighted by Crippen LogP contribution is -2.58.